The number of hydrogen-bond acceptors (Lipinski definition) is 2. The van der Waals surface area contributed by atoms with Crippen LogP contribution in [-0.2, 0) is 22.6 Å². The van der Waals surface area contributed by atoms with Gasteiger partial charge in [-0.15, -0.1) is 0 Å². The lowest BCUT2D eigenvalue weighted by atomic mass is 10.0. The summed E-state index contributed by atoms with van der Waals surface area (Å²) >= 11 is 6.06. The minimum atomic E-state index is -0.706. The lowest BCUT2D eigenvalue weighted by molar-refractivity contribution is -0.141. The molecule has 1 N–H and O–H groups in total. The molecule has 0 spiro atoms. The largest absolute Gasteiger partial charge is 0.354 e. The molecule has 0 radical (unpaired) electrons. The van der Waals surface area contributed by atoms with Crippen molar-refractivity contribution in [3.63, 3.8) is 0 Å². The Morgan fingerprint density at radius 3 is 2.15 bits per heavy atom. The third-order valence-electron chi connectivity index (χ3n) is 5.56. The van der Waals surface area contributed by atoms with Crippen molar-refractivity contribution in [3.05, 3.63) is 107 Å². The van der Waals surface area contributed by atoms with Crippen molar-refractivity contribution in [1.82, 2.24) is 10.2 Å². The summed E-state index contributed by atoms with van der Waals surface area (Å²) in [5.41, 5.74) is 2.82. The molecule has 0 unspecified atom stereocenters. The fourth-order valence-electron chi connectivity index (χ4n) is 3.74. The molecule has 0 heterocycles. The summed E-state index contributed by atoms with van der Waals surface area (Å²) in [7, 11) is 0. The van der Waals surface area contributed by atoms with Crippen molar-refractivity contribution in [2.24, 2.45) is 0 Å². The zero-order valence-corrected chi connectivity index (χ0v) is 19.8. The predicted molar refractivity (Wildman–Crippen MR) is 134 cm³/mol. The van der Waals surface area contributed by atoms with Gasteiger partial charge in [-0.3, -0.25) is 9.59 Å². The summed E-state index contributed by atoms with van der Waals surface area (Å²) in [4.78, 5) is 28.6. The Balaban J connectivity index is 1.90. The molecule has 0 aliphatic carbocycles. The number of unbranched alkanes of at least 4 members (excludes halogenated alkanes) is 1. The Kier molecular flexibility index (Phi) is 9.52. The highest BCUT2D eigenvalue weighted by molar-refractivity contribution is 6.30. The number of hydrogen-bond donors (Lipinski definition) is 1. The molecule has 0 fully saturated rings. The van der Waals surface area contributed by atoms with Crippen LogP contribution in [0.25, 0.3) is 0 Å². The fourth-order valence-corrected chi connectivity index (χ4v) is 3.87. The van der Waals surface area contributed by atoms with Gasteiger partial charge < -0.3 is 10.2 Å². The molecule has 4 nitrogen and oxygen atoms in total. The zero-order chi connectivity index (χ0) is 23.5. The lowest BCUT2D eigenvalue weighted by Crippen LogP contribution is -2.43. The number of carbonyl (C=O) groups excluding carboxylic acids is 2. The monoisotopic (exact) mass is 462 g/mol. The summed E-state index contributed by atoms with van der Waals surface area (Å²) in [6.45, 7) is 3.00. The minimum Gasteiger partial charge on any atom is -0.354 e. The molecule has 5 heteroatoms. The third-order valence-corrected chi connectivity index (χ3v) is 5.81. The van der Waals surface area contributed by atoms with Crippen LogP contribution in [0.15, 0.2) is 84.9 Å². The predicted octanol–water partition coefficient (Wildman–Crippen LogP) is 5.96. The van der Waals surface area contributed by atoms with E-state index in [1.807, 2.05) is 84.9 Å². The van der Waals surface area contributed by atoms with Gasteiger partial charge >= 0.3 is 0 Å². The molecule has 33 heavy (non-hydrogen) atoms. The molecule has 3 rings (SSSR count). The number of amides is 2. The molecule has 0 aliphatic rings. The van der Waals surface area contributed by atoms with Gasteiger partial charge in [0.25, 0.3) is 0 Å². The van der Waals surface area contributed by atoms with E-state index in [9.17, 15) is 9.59 Å². The average molecular weight is 463 g/mol. The Labute approximate surface area is 201 Å². The molecule has 3 aromatic rings. The Morgan fingerprint density at radius 2 is 1.52 bits per heavy atom. The van der Waals surface area contributed by atoms with Gasteiger partial charge in [-0.25, -0.2) is 0 Å². The van der Waals surface area contributed by atoms with Gasteiger partial charge in [0, 0.05) is 24.5 Å². The van der Waals surface area contributed by atoms with E-state index in [1.54, 1.807) is 4.90 Å². The average Bonchev–Trinajstić information content (AvgIpc) is 2.85. The van der Waals surface area contributed by atoms with Crippen molar-refractivity contribution >= 4 is 23.4 Å². The van der Waals surface area contributed by atoms with Gasteiger partial charge in [0.15, 0.2) is 0 Å². The van der Waals surface area contributed by atoms with E-state index >= 15 is 0 Å². The molecule has 0 bridgehead atoms. The summed E-state index contributed by atoms with van der Waals surface area (Å²) < 4.78 is 0. The van der Waals surface area contributed by atoms with Crippen LogP contribution in [0, 0.1) is 0 Å². The maximum absolute atomic E-state index is 13.6. The van der Waals surface area contributed by atoms with Crippen molar-refractivity contribution < 1.29 is 9.59 Å². The van der Waals surface area contributed by atoms with E-state index in [0.717, 1.165) is 29.5 Å². The van der Waals surface area contributed by atoms with E-state index in [4.69, 9.17) is 11.6 Å². The van der Waals surface area contributed by atoms with Crippen LogP contribution in [0.2, 0.25) is 5.02 Å². The van der Waals surface area contributed by atoms with E-state index in [0.29, 0.717) is 31.0 Å². The van der Waals surface area contributed by atoms with E-state index < -0.39 is 6.04 Å². The molecular weight excluding hydrogens is 432 g/mol. The molecule has 0 saturated heterocycles. The first kappa shape index (κ1) is 24.5. The topological polar surface area (TPSA) is 49.4 Å². The second-order valence-electron chi connectivity index (χ2n) is 8.09. The molecular formula is C28H31ClN2O2. The SMILES string of the molecule is CCCCNC(=O)[C@H](c1ccccc1)N(Cc1ccc(Cl)cc1)C(=O)CCc1ccccc1. The van der Waals surface area contributed by atoms with Crippen molar-refractivity contribution in [3.8, 4) is 0 Å². The Hall–Kier alpha value is -3.11. The van der Waals surface area contributed by atoms with Crippen LogP contribution in [0.5, 0.6) is 0 Å². The Morgan fingerprint density at radius 1 is 0.879 bits per heavy atom. The quantitative estimate of drug-likeness (QED) is 0.357. The van der Waals surface area contributed by atoms with E-state index in [1.165, 1.54) is 0 Å². The van der Waals surface area contributed by atoms with E-state index in [2.05, 4.69) is 12.2 Å². The van der Waals surface area contributed by atoms with Crippen LogP contribution in [-0.4, -0.2) is 23.3 Å². The normalized spacial score (nSPS) is 11.6. The highest BCUT2D eigenvalue weighted by Gasteiger charge is 2.31. The first-order valence-corrected chi connectivity index (χ1v) is 11.9. The third kappa shape index (κ3) is 7.47. The van der Waals surface area contributed by atoms with Crippen molar-refractivity contribution in [2.45, 2.75) is 45.2 Å². The molecule has 0 aromatic heterocycles. The second kappa shape index (κ2) is 12.8. The second-order valence-corrected chi connectivity index (χ2v) is 8.53. The van der Waals surface area contributed by atoms with Gasteiger partial charge in [0.2, 0.25) is 11.8 Å². The van der Waals surface area contributed by atoms with Gasteiger partial charge in [0.1, 0.15) is 6.04 Å². The van der Waals surface area contributed by atoms with Crippen LogP contribution in [0.4, 0.5) is 0 Å². The van der Waals surface area contributed by atoms with Crippen LogP contribution in [0.1, 0.15) is 48.9 Å². The Bertz CT molecular complexity index is 1010. The fraction of sp³-hybridized carbons (Fsp3) is 0.286. The van der Waals surface area contributed by atoms with Crippen LogP contribution < -0.4 is 5.32 Å². The standard InChI is InChI=1S/C28H31ClN2O2/c1-2-3-20-30-28(33)27(24-12-8-5-9-13-24)31(21-23-14-17-25(29)18-15-23)26(32)19-16-22-10-6-4-7-11-22/h4-15,17-18,27H,2-3,16,19-21H2,1H3,(H,30,33)/t27-/m0/s1. The highest BCUT2D eigenvalue weighted by atomic mass is 35.5. The number of aryl methyl sites for hydroxylation is 1. The molecule has 3 aromatic carbocycles. The minimum absolute atomic E-state index is 0.0618. The number of nitrogens with one attached hydrogen (secondary N) is 1. The molecule has 0 aliphatic heterocycles. The number of carbonyl (C=O) groups is 2. The smallest absolute Gasteiger partial charge is 0.247 e. The number of rotatable bonds is 11. The summed E-state index contributed by atoms with van der Waals surface area (Å²) in [5, 5.41) is 3.67. The van der Waals surface area contributed by atoms with Crippen molar-refractivity contribution in [2.75, 3.05) is 6.54 Å². The molecule has 2 amide bonds. The van der Waals surface area contributed by atoms with Gasteiger partial charge in [-0.1, -0.05) is 97.7 Å². The van der Waals surface area contributed by atoms with Crippen LogP contribution in [0.3, 0.4) is 0 Å². The summed E-state index contributed by atoms with van der Waals surface area (Å²) in [6.07, 6.45) is 2.83. The van der Waals surface area contributed by atoms with Gasteiger partial charge in [0.05, 0.1) is 0 Å². The maximum Gasteiger partial charge on any atom is 0.247 e. The number of nitrogens with zero attached hydrogens (tertiary/aromatic N) is 1. The number of halogens is 1. The molecule has 1 atom stereocenters. The first-order chi connectivity index (χ1) is 16.1. The highest BCUT2D eigenvalue weighted by Crippen LogP contribution is 2.25. The summed E-state index contributed by atoms with van der Waals surface area (Å²) in [5.74, 6) is -0.218. The molecule has 172 valence electrons. The summed E-state index contributed by atoms with van der Waals surface area (Å²) in [6, 6.07) is 26.2. The first-order valence-electron chi connectivity index (χ1n) is 11.5. The van der Waals surface area contributed by atoms with Gasteiger partial charge in [-0.05, 0) is 41.7 Å². The van der Waals surface area contributed by atoms with Crippen molar-refractivity contribution in [1.29, 1.82) is 0 Å². The van der Waals surface area contributed by atoms with Gasteiger partial charge in [-0.2, -0.15) is 0 Å². The lowest BCUT2D eigenvalue weighted by Gasteiger charge is -2.32. The number of benzene rings is 3. The zero-order valence-electron chi connectivity index (χ0n) is 19.0. The maximum atomic E-state index is 13.6. The van der Waals surface area contributed by atoms with Crippen LogP contribution >= 0.6 is 11.6 Å². The van der Waals surface area contributed by atoms with E-state index in [-0.39, 0.29) is 11.8 Å². The molecule has 0 saturated carbocycles.